The van der Waals surface area contributed by atoms with Gasteiger partial charge in [-0.2, -0.15) is 0 Å². The molecule has 1 aliphatic heterocycles. The van der Waals surface area contributed by atoms with E-state index in [2.05, 4.69) is 24.3 Å². The highest BCUT2D eigenvalue weighted by Crippen LogP contribution is 2.40. The highest BCUT2D eigenvalue weighted by atomic mass is 32.2. The number of hydrogen-bond acceptors (Lipinski definition) is 4. The van der Waals surface area contributed by atoms with Crippen LogP contribution in [-0.4, -0.2) is 29.8 Å². The summed E-state index contributed by atoms with van der Waals surface area (Å²) in [5.74, 6) is 3.09. The average Bonchev–Trinajstić information content (AvgIpc) is 2.73. The van der Waals surface area contributed by atoms with Gasteiger partial charge in [-0.3, -0.25) is 4.79 Å². The van der Waals surface area contributed by atoms with Crippen LogP contribution in [-0.2, 0) is 9.53 Å². The Balaban J connectivity index is 1.80. The van der Waals surface area contributed by atoms with Crippen LogP contribution in [0, 0.1) is 0 Å². The molecule has 2 rings (SSSR count). The Morgan fingerprint density at radius 2 is 2.35 bits per heavy atom. The lowest BCUT2D eigenvalue weighted by Gasteiger charge is -2.09. The zero-order valence-electron chi connectivity index (χ0n) is 9.85. The highest BCUT2D eigenvalue weighted by Gasteiger charge is 2.22. The van der Waals surface area contributed by atoms with Crippen molar-refractivity contribution in [2.75, 3.05) is 23.9 Å². The number of carbonyl (C=O) groups excluding carboxylic acids is 1. The first kappa shape index (κ1) is 12.8. The first-order valence-electron chi connectivity index (χ1n) is 5.76. The molecule has 0 spiro atoms. The van der Waals surface area contributed by atoms with Crippen molar-refractivity contribution in [1.29, 1.82) is 0 Å². The van der Waals surface area contributed by atoms with Crippen LogP contribution in [0.4, 0.5) is 0 Å². The van der Waals surface area contributed by atoms with Gasteiger partial charge in [0.2, 0.25) is 0 Å². The van der Waals surface area contributed by atoms with Gasteiger partial charge >= 0.3 is 5.97 Å². The summed E-state index contributed by atoms with van der Waals surface area (Å²) in [6, 6.07) is 8.55. The van der Waals surface area contributed by atoms with Crippen molar-refractivity contribution >= 4 is 29.5 Å². The zero-order chi connectivity index (χ0) is 12.1. The second-order valence-corrected chi connectivity index (χ2v) is 5.96. The molecule has 0 saturated carbocycles. The van der Waals surface area contributed by atoms with Crippen LogP contribution in [0.1, 0.15) is 18.4 Å². The van der Waals surface area contributed by atoms with E-state index in [4.69, 9.17) is 4.74 Å². The molecule has 1 atom stereocenters. The van der Waals surface area contributed by atoms with E-state index in [0.717, 1.165) is 11.5 Å². The molecule has 1 aromatic carbocycles. The lowest BCUT2D eigenvalue weighted by molar-refractivity contribution is -0.139. The monoisotopic (exact) mass is 268 g/mol. The van der Waals surface area contributed by atoms with Crippen molar-refractivity contribution in [3.05, 3.63) is 29.8 Å². The summed E-state index contributed by atoms with van der Waals surface area (Å²) in [6.45, 7) is 2.31. The summed E-state index contributed by atoms with van der Waals surface area (Å²) >= 11 is 3.59. The minimum Gasteiger partial charge on any atom is -0.465 e. The van der Waals surface area contributed by atoms with Crippen LogP contribution in [0.5, 0.6) is 0 Å². The topological polar surface area (TPSA) is 26.3 Å². The summed E-state index contributed by atoms with van der Waals surface area (Å²) in [7, 11) is 0. The number of carbonyl (C=O) groups is 1. The molecule has 0 bridgehead atoms. The molecular weight excluding hydrogens is 252 g/mol. The van der Waals surface area contributed by atoms with Gasteiger partial charge < -0.3 is 4.74 Å². The molecule has 0 radical (unpaired) electrons. The SMILES string of the molecule is CCOC(=O)CSCC1CSc2ccccc21. The van der Waals surface area contributed by atoms with Gasteiger partial charge in [0.25, 0.3) is 0 Å². The first-order chi connectivity index (χ1) is 8.31. The maximum Gasteiger partial charge on any atom is 0.315 e. The maximum atomic E-state index is 11.2. The number of ether oxygens (including phenoxy) is 1. The van der Waals surface area contributed by atoms with Crippen LogP contribution in [0.25, 0.3) is 0 Å². The van der Waals surface area contributed by atoms with Gasteiger partial charge in [-0.05, 0) is 18.6 Å². The van der Waals surface area contributed by atoms with Crippen molar-refractivity contribution < 1.29 is 9.53 Å². The number of benzene rings is 1. The molecule has 2 nitrogen and oxygen atoms in total. The Labute approximate surface area is 111 Å². The largest absolute Gasteiger partial charge is 0.465 e. The van der Waals surface area contributed by atoms with Crippen LogP contribution in [0.3, 0.4) is 0 Å². The van der Waals surface area contributed by atoms with Crippen molar-refractivity contribution in [3.63, 3.8) is 0 Å². The molecule has 92 valence electrons. The second-order valence-electron chi connectivity index (χ2n) is 3.87. The molecule has 1 unspecified atom stereocenters. The molecule has 1 heterocycles. The van der Waals surface area contributed by atoms with E-state index in [0.29, 0.717) is 18.3 Å². The van der Waals surface area contributed by atoms with E-state index in [9.17, 15) is 4.79 Å². The molecule has 4 heteroatoms. The molecule has 1 aliphatic rings. The third kappa shape index (κ3) is 3.42. The van der Waals surface area contributed by atoms with Crippen molar-refractivity contribution in [2.45, 2.75) is 17.7 Å². The molecule has 0 saturated heterocycles. The molecule has 0 fully saturated rings. The first-order valence-corrected chi connectivity index (χ1v) is 7.90. The molecule has 0 aliphatic carbocycles. The van der Waals surface area contributed by atoms with Gasteiger partial charge in [-0.1, -0.05) is 18.2 Å². The van der Waals surface area contributed by atoms with E-state index in [1.54, 1.807) is 11.8 Å². The van der Waals surface area contributed by atoms with Crippen LogP contribution in [0.15, 0.2) is 29.2 Å². The standard InChI is InChI=1S/C13H16O2S2/c1-2-15-13(14)9-16-7-10-8-17-12-6-4-3-5-11(10)12/h3-6,10H,2,7-9H2,1H3. The van der Waals surface area contributed by atoms with Crippen LogP contribution >= 0.6 is 23.5 Å². The zero-order valence-corrected chi connectivity index (χ0v) is 11.5. The van der Waals surface area contributed by atoms with E-state index in [1.165, 1.54) is 10.5 Å². The van der Waals surface area contributed by atoms with E-state index >= 15 is 0 Å². The summed E-state index contributed by atoms with van der Waals surface area (Å²) in [5, 5.41) is 0. The summed E-state index contributed by atoms with van der Waals surface area (Å²) in [4.78, 5) is 12.6. The number of rotatable bonds is 5. The van der Waals surface area contributed by atoms with Gasteiger partial charge in [0.15, 0.2) is 0 Å². The average molecular weight is 268 g/mol. The van der Waals surface area contributed by atoms with E-state index in [1.807, 2.05) is 18.7 Å². The van der Waals surface area contributed by atoms with Crippen molar-refractivity contribution in [3.8, 4) is 0 Å². The van der Waals surface area contributed by atoms with Crippen molar-refractivity contribution in [2.24, 2.45) is 0 Å². The molecule has 0 amide bonds. The third-order valence-corrected chi connectivity index (χ3v) is 4.97. The number of fused-ring (bicyclic) bond motifs is 1. The lowest BCUT2D eigenvalue weighted by atomic mass is 10.0. The van der Waals surface area contributed by atoms with Gasteiger partial charge in [-0.15, -0.1) is 23.5 Å². The second kappa shape index (κ2) is 6.36. The molecule has 0 N–H and O–H groups in total. The molecular formula is C13H16O2S2. The Morgan fingerprint density at radius 3 is 3.18 bits per heavy atom. The Morgan fingerprint density at radius 1 is 1.53 bits per heavy atom. The van der Waals surface area contributed by atoms with Gasteiger partial charge in [0, 0.05) is 22.3 Å². The van der Waals surface area contributed by atoms with Crippen LogP contribution in [0.2, 0.25) is 0 Å². The van der Waals surface area contributed by atoms with Gasteiger partial charge in [0.1, 0.15) is 0 Å². The lowest BCUT2D eigenvalue weighted by Crippen LogP contribution is -2.09. The number of hydrogen-bond donors (Lipinski definition) is 0. The molecule has 0 aromatic heterocycles. The molecule has 17 heavy (non-hydrogen) atoms. The Hall–Kier alpha value is -0.610. The predicted octanol–water partition coefficient (Wildman–Crippen LogP) is 3.17. The number of esters is 1. The fraction of sp³-hybridized carbons (Fsp3) is 0.462. The number of thioether (sulfide) groups is 2. The maximum absolute atomic E-state index is 11.2. The minimum atomic E-state index is -0.101. The summed E-state index contributed by atoms with van der Waals surface area (Å²) in [6.07, 6.45) is 0. The van der Waals surface area contributed by atoms with Gasteiger partial charge in [-0.25, -0.2) is 0 Å². The fourth-order valence-electron chi connectivity index (χ4n) is 1.85. The predicted molar refractivity (Wildman–Crippen MR) is 73.9 cm³/mol. The summed E-state index contributed by atoms with van der Waals surface area (Å²) in [5.41, 5.74) is 1.44. The fourth-order valence-corrected chi connectivity index (χ4v) is 4.21. The smallest absolute Gasteiger partial charge is 0.315 e. The third-order valence-electron chi connectivity index (χ3n) is 2.64. The minimum absolute atomic E-state index is 0.101. The van der Waals surface area contributed by atoms with Gasteiger partial charge in [0.05, 0.1) is 12.4 Å². The Bertz CT molecular complexity index is 393. The normalized spacial score (nSPS) is 17.8. The van der Waals surface area contributed by atoms with E-state index in [-0.39, 0.29) is 5.97 Å². The quantitative estimate of drug-likeness (QED) is 0.766. The summed E-state index contributed by atoms with van der Waals surface area (Å²) < 4.78 is 4.91. The molecule has 1 aromatic rings. The van der Waals surface area contributed by atoms with Crippen molar-refractivity contribution in [1.82, 2.24) is 0 Å². The Kier molecular flexibility index (Phi) is 4.80. The highest BCUT2D eigenvalue weighted by molar-refractivity contribution is 8.00. The van der Waals surface area contributed by atoms with E-state index < -0.39 is 0 Å². The van der Waals surface area contributed by atoms with Crippen LogP contribution < -0.4 is 0 Å².